The summed E-state index contributed by atoms with van der Waals surface area (Å²) in [6, 6.07) is 10.8. The lowest BCUT2D eigenvalue weighted by molar-refractivity contribution is 0.102. The van der Waals surface area contributed by atoms with Gasteiger partial charge in [0.2, 0.25) is 11.5 Å². The first-order chi connectivity index (χ1) is 13.2. The van der Waals surface area contributed by atoms with Gasteiger partial charge in [-0.15, -0.1) is 0 Å². The minimum absolute atomic E-state index is 0.246. The van der Waals surface area contributed by atoms with Gasteiger partial charge in [0, 0.05) is 5.39 Å². The molecular weight excluding hydrogens is 348 g/mol. The molecule has 2 aromatic carbocycles. The lowest BCUT2D eigenvalue weighted by Gasteiger charge is -2.20. The smallest absolute Gasteiger partial charge is 0.221 e. The normalized spacial score (nSPS) is 13.1. The first-order valence-corrected chi connectivity index (χ1v) is 8.46. The fourth-order valence-electron chi connectivity index (χ4n) is 2.96. The standard InChI is InChI=1S/C21H18O6/c1-23-16-5-3-4-14-12-17(27-20(14)16)15(22)7-6-13-10-18(24-2)21-19(11-13)25-8-9-26-21/h3-7,10-12H,8-9H2,1-2H3/b7-6+. The van der Waals surface area contributed by atoms with Gasteiger partial charge in [0.25, 0.3) is 0 Å². The van der Waals surface area contributed by atoms with E-state index in [1.165, 1.54) is 6.08 Å². The molecule has 3 aromatic rings. The van der Waals surface area contributed by atoms with Crippen molar-refractivity contribution in [2.75, 3.05) is 27.4 Å². The topological polar surface area (TPSA) is 67.1 Å². The Bertz CT molecular complexity index is 1010. The van der Waals surface area contributed by atoms with Gasteiger partial charge in [-0.05, 0) is 35.9 Å². The fourth-order valence-corrected chi connectivity index (χ4v) is 2.96. The Morgan fingerprint density at radius 3 is 2.67 bits per heavy atom. The van der Waals surface area contributed by atoms with Gasteiger partial charge in [-0.1, -0.05) is 18.2 Å². The van der Waals surface area contributed by atoms with Crippen LogP contribution < -0.4 is 18.9 Å². The van der Waals surface area contributed by atoms with Crippen LogP contribution in [0.1, 0.15) is 16.1 Å². The maximum absolute atomic E-state index is 12.5. The average Bonchev–Trinajstić information content (AvgIpc) is 3.15. The molecule has 0 bridgehead atoms. The van der Waals surface area contributed by atoms with Gasteiger partial charge in [-0.2, -0.15) is 0 Å². The number of methoxy groups -OCH3 is 2. The Hall–Kier alpha value is -3.41. The lowest BCUT2D eigenvalue weighted by Crippen LogP contribution is -2.16. The van der Waals surface area contributed by atoms with E-state index in [0.29, 0.717) is 41.8 Å². The summed E-state index contributed by atoms with van der Waals surface area (Å²) in [7, 11) is 3.13. The summed E-state index contributed by atoms with van der Waals surface area (Å²) in [5.41, 5.74) is 1.32. The van der Waals surface area contributed by atoms with E-state index < -0.39 is 0 Å². The van der Waals surface area contributed by atoms with Crippen LogP contribution in [0.5, 0.6) is 23.0 Å². The Morgan fingerprint density at radius 1 is 1.04 bits per heavy atom. The van der Waals surface area contributed by atoms with Crippen LogP contribution in [-0.2, 0) is 0 Å². The van der Waals surface area contributed by atoms with E-state index in [2.05, 4.69) is 0 Å². The summed E-state index contributed by atoms with van der Waals surface area (Å²) in [5, 5.41) is 0.812. The van der Waals surface area contributed by atoms with Crippen LogP contribution in [-0.4, -0.2) is 33.2 Å². The fraction of sp³-hybridized carbons (Fsp3) is 0.190. The number of fused-ring (bicyclic) bond motifs is 2. The van der Waals surface area contributed by atoms with Gasteiger partial charge < -0.3 is 23.4 Å². The molecule has 0 fully saturated rings. The third kappa shape index (κ3) is 3.21. The van der Waals surface area contributed by atoms with Gasteiger partial charge in [0.1, 0.15) is 13.2 Å². The van der Waals surface area contributed by atoms with Crippen molar-refractivity contribution < 1.29 is 28.2 Å². The van der Waals surface area contributed by atoms with Gasteiger partial charge in [0.15, 0.2) is 28.6 Å². The molecule has 0 spiro atoms. The van der Waals surface area contributed by atoms with Crippen LogP contribution in [0.15, 0.2) is 46.9 Å². The van der Waals surface area contributed by atoms with Crippen molar-refractivity contribution in [3.05, 3.63) is 53.8 Å². The Balaban J connectivity index is 1.62. The molecule has 4 rings (SSSR count). The second kappa shape index (κ2) is 7.07. The van der Waals surface area contributed by atoms with E-state index in [9.17, 15) is 4.79 Å². The molecule has 2 heterocycles. The molecule has 1 aliphatic heterocycles. The highest BCUT2D eigenvalue weighted by Crippen LogP contribution is 2.40. The van der Waals surface area contributed by atoms with E-state index in [1.54, 1.807) is 38.5 Å². The first-order valence-electron chi connectivity index (χ1n) is 8.46. The predicted octanol–water partition coefficient (Wildman–Crippen LogP) is 4.12. The third-order valence-corrected chi connectivity index (χ3v) is 4.25. The summed E-state index contributed by atoms with van der Waals surface area (Å²) >= 11 is 0. The molecule has 1 aliphatic rings. The van der Waals surface area contributed by atoms with Crippen molar-refractivity contribution in [1.29, 1.82) is 0 Å². The highest BCUT2D eigenvalue weighted by molar-refractivity contribution is 6.07. The number of ketones is 1. The van der Waals surface area contributed by atoms with Crippen LogP contribution in [0.3, 0.4) is 0 Å². The van der Waals surface area contributed by atoms with Crippen LogP contribution in [0, 0.1) is 0 Å². The zero-order chi connectivity index (χ0) is 18.8. The molecule has 0 radical (unpaired) electrons. The van der Waals surface area contributed by atoms with Crippen molar-refractivity contribution in [2.45, 2.75) is 0 Å². The molecular formula is C21H18O6. The molecule has 0 N–H and O–H groups in total. The molecule has 138 valence electrons. The largest absolute Gasteiger partial charge is 0.493 e. The van der Waals surface area contributed by atoms with Gasteiger partial charge >= 0.3 is 0 Å². The van der Waals surface area contributed by atoms with Crippen molar-refractivity contribution in [1.82, 2.24) is 0 Å². The maximum atomic E-state index is 12.5. The van der Waals surface area contributed by atoms with Gasteiger partial charge in [-0.25, -0.2) is 0 Å². The summed E-state index contributed by atoms with van der Waals surface area (Å²) < 4.78 is 27.5. The van der Waals surface area contributed by atoms with E-state index >= 15 is 0 Å². The SMILES string of the molecule is COc1cc(/C=C/C(=O)c2cc3cccc(OC)c3o2)cc2c1OCCO2. The number of benzene rings is 2. The Morgan fingerprint density at radius 2 is 1.85 bits per heavy atom. The quantitative estimate of drug-likeness (QED) is 0.500. The molecule has 0 atom stereocenters. The van der Waals surface area contributed by atoms with Crippen LogP contribution in [0.25, 0.3) is 17.0 Å². The minimum atomic E-state index is -0.248. The van der Waals surface area contributed by atoms with Crippen molar-refractivity contribution in [3.8, 4) is 23.0 Å². The molecule has 0 unspecified atom stereocenters. The highest BCUT2D eigenvalue weighted by atomic mass is 16.6. The second-order valence-corrected chi connectivity index (χ2v) is 5.93. The summed E-state index contributed by atoms with van der Waals surface area (Å²) in [4.78, 5) is 12.5. The second-order valence-electron chi connectivity index (χ2n) is 5.93. The van der Waals surface area contributed by atoms with Crippen LogP contribution >= 0.6 is 0 Å². The number of para-hydroxylation sites is 1. The highest BCUT2D eigenvalue weighted by Gasteiger charge is 2.18. The Labute approximate surface area is 155 Å². The van der Waals surface area contributed by atoms with Gasteiger partial charge in [-0.3, -0.25) is 4.79 Å². The number of carbonyl (C=O) groups is 1. The lowest BCUT2D eigenvalue weighted by atomic mass is 10.1. The Kier molecular flexibility index (Phi) is 4.46. The van der Waals surface area contributed by atoms with E-state index in [1.807, 2.05) is 18.2 Å². The van der Waals surface area contributed by atoms with Crippen LogP contribution in [0.4, 0.5) is 0 Å². The zero-order valence-electron chi connectivity index (χ0n) is 15.0. The third-order valence-electron chi connectivity index (χ3n) is 4.25. The van der Waals surface area contributed by atoms with Crippen LogP contribution in [0.2, 0.25) is 0 Å². The number of carbonyl (C=O) groups excluding carboxylic acids is 1. The molecule has 0 saturated heterocycles. The number of allylic oxidation sites excluding steroid dienone is 1. The van der Waals surface area contributed by atoms with Crippen molar-refractivity contribution in [2.24, 2.45) is 0 Å². The van der Waals surface area contributed by atoms with Gasteiger partial charge in [0.05, 0.1) is 14.2 Å². The zero-order valence-corrected chi connectivity index (χ0v) is 15.0. The molecule has 6 nitrogen and oxygen atoms in total. The summed E-state index contributed by atoms with van der Waals surface area (Å²) in [5.74, 6) is 2.33. The van der Waals surface area contributed by atoms with Crippen molar-refractivity contribution in [3.63, 3.8) is 0 Å². The molecule has 0 saturated carbocycles. The molecule has 1 aromatic heterocycles. The van der Waals surface area contributed by atoms with E-state index in [-0.39, 0.29) is 11.5 Å². The summed E-state index contributed by atoms with van der Waals surface area (Å²) in [6.07, 6.45) is 3.14. The average molecular weight is 366 g/mol. The predicted molar refractivity (Wildman–Crippen MR) is 100 cm³/mol. The maximum Gasteiger partial charge on any atom is 0.221 e. The summed E-state index contributed by atoms with van der Waals surface area (Å²) in [6.45, 7) is 0.954. The molecule has 27 heavy (non-hydrogen) atoms. The minimum Gasteiger partial charge on any atom is -0.493 e. The molecule has 6 heteroatoms. The first kappa shape index (κ1) is 17.0. The number of rotatable bonds is 5. The van der Waals surface area contributed by atoms with E-state index in [0.717, 1.165) is 10.9 Å². The number of hydrogen-bond donors (Lipinski definition) is 0. The number of ether oxygens (including phenoxy) is 4. The van der Waals surface area contributed by atoms with Crippen molar-refractivity contribution >= 4 is 22.8 Å². The monoisotopic (exact) mass is 366 g/mol. The number of hydrogen-bond acceptors (Lipinski definition) is 6. The molecule has 0 amide bonds. The molecule has 0 aliphatic carbocycles. The number of furan rings is 1. The van der Waals surface area contributed by atoms with E-state index in [4.69, 9.17) is 23.4 Å².